The Bertz CT molecular complexity index is 879. The molecule has 1 unspecified atom stereocenters. The van der Waals surface area contributed by atoms with Gasteiger partial charge in [-0.15, -0.1) is 10.2 Å². The van der Waals surface area contributed by atoms with E-state index in [0.29, 0.717) is 10.2 Å². The first kappa shape index (κ1) is 16.6. The van der Waals surface area contributed by atoms with Gasteiger partial charge in [0.15, 0.2) is 11.0 Å². The lowest BCUT2D eigenvalue weighted by molar-refractivity contribution is 0.883. The molecule has 2 aromatic carbocycles. The fourth-order valence-electron chi connectivity index (χ4n) is 2.24. The van der Waals surface area contributed by atoms with E-state index < -0.39 is 0 Å². The average molecular weight is 355 g/mol. The molecule has 0 aliphatic carbocycles. The maximum absolute atomic E-state index is 9.11. The topological polar surface area (TPSA) is 54.5 Å². The summed E-state index contributed by atoms with van der Waals surface area (Å²) in [5.74, 6) is 0.725. The molecule has 3 rings (SSSR count). The van der Waals surface area contributed by atoms with E-state index in [4.69, 9.17) is 16.9 Å². The minimum absolute atomic E-state index is 0.212. The summed E-state index contributed by atoms with van der Waals surface area (Å²) in [6, 6.07) is 17.9. The maximum atomic E-state index is 9.11. The molecule has 0 bridgehead atoms. The number of benzene rings is 2. The highest BCUT2D eigenvalue weighted by Gasteiger charge is 2.18. The molecule has 6 heteroatoms. The van der Waals surface area contributed by atoms with Crippen LogP contribution < -0.4 is 0 Å². The molecule has 1 aromatic heterocycles. The highest BCUT2D eigenvalue weighted by Crippen LogP contribution is 2.30. The summed E-state index contributed by atoms with van der Waals surface area (Å²) < 4.78 is 1.97. The minimum atomic E-state index is -0.212. The molecule has 120 valence electrons. The van der Waals surface area contributed by atoms with Gasteiger partial charge in [0.2, 0.25) is 0 Å². The summed E-state index contributed by atoms with van der Waals surface area (Å²) >= 11 is 7.37. The third-order valence-corrected chi connectivity index (χ3v) is 4.68. The lowest BCUT2D eigenvalue weighted by Gasteiger charge is -2.11. The highest BCUT2D eigenvalue weighted by atomic mass is 35.5. The third kappa shape index (κ3) is 3.45. The molecule has 0 N–H and O–H groups in total. The Balaban J connectivity index is 2.14. The van der Waals surface area contributed by atoms with Crippen molar-refractivity contribution in [1.29, 1.82) is 5.26 Å². The van der Waals surface area contributed by atoms with Crippen molar-refractivity contribution in [3.05, 3.63) is 59.1 Å². The number of hydrogen-bond acceptors (Lipinski definition) is 4. The lowest BCUT2D eigenvalue weighted by Crippen LogP contribution is -2.02. The molecule has 24 heavy (non-hydrogen) atoms. The average Bonchev–Trinajstić information content (AvgIpc) is 2.99. The molecule has 1 heterocycles. The van der Waals surface area contributed by atoms with E-state index in [1.165, 1.54) is 17.3 Å². The van der Waals surface area contributed by atoms with E-state index in [1.54, 1.807) is 0 Å². The number of thioether (sulfide) groups is 1. The molecule has 0 saturated heterocycles. The summed E-state index contributed by atoms with van der Waals surface area (Å²) in [5, 5.41) is 18.9. The van der Waals surface area contributed by atoms with Crippen molar-refractivity contribution in [3.8, 4) is 23.1 Å². The Hall–Kier alpha value is -2.29. The molecule has 0 spiro atoms. The first-order valence-electron chi connectivity index (χ1n) is 7.43. The Morgan fingerprint density at radius 2 is 1.75 bits per heavy atom. The summed E-state index contributed by atoms with van der Waals surface area (Å²) in [5.41, 5.74) is 3.06. The highest BCUT2D eigenvalue weighted by molar-refractivity contribution is 8.00. The van der Waals surface area contributed by atoms with Gasteiger partial charge in [-0.3, -0.25) is 4.57 Å². The van der Waals surface area contributed by atoms with Crippen molar-refractivity contribution in [2.45, 2.75) is 24.3 Å². The van der Waals surface area contributed by atoms with Crippen molar-refractivity contribution in [2.24, 2.45) is 0 Å². The summed E-state index contributed by atoms with van der Waals surface area (Å²) in [6.07, 6.45) is 0. The minimum Gasteiger partial charge on any atom is -0.270 e. The van der Waals surface area contributed by atoms with Gasteiger partial charge in [0.25, 0.3) is 0 Å². The van der Waals surface area contributed by atoms with E-state index in [2.05, 4.69) is 16.3 Å². The van der Waals surface area contributed by atoms with Crippen molar-refractivity contribution < 1.29 is 0 Å². The second-order valence-corrected chi connectivity index (χ2v) is 7.12. The molecule has 0 aliphatic heterocycles. The van der Waals surface area contributed by atoms with Gasteiger partial charge in [-0.05, 0) is 50.2 Å². The van der Waals surface area contributed by atoms with Crippen molar-refractivity contribution in [3.63, 3.8) is 0 Å². The summed E-state index contributed by atoms with van der Waals surface area (Å²) in [6.45, 7) is 3.89. The summed E-state index contributed by atoms with van der Waals surface area (Å²) in [4.78, 5) is 0. The number of hydrogen-bond donors (Lipinski definition) is 0. The van der Waals surface area contributed by atoms with Crippen LogP contribution in [0.4, 0.5) is 0 Å². The van der Waals surface area contributed by atoms with Crippen molar-refractivity contribution in [2.75, 3.05) is 0 Å². The first-order chi connectivity index (χ1) is 11.6. The Kier molecular flexibility index (Phi) is 4.89. The zero-order chi connectivity index (χ0) is 17.1. The van der Waals surface area contributed by atoms with E-state index in [0.717, 1.165) is 17.1 Å². The molecule has 0 fully saturated rings. The predicted octanol–water partition coefficient (Wildman–Crippen LogP) is 4.90. The number of nitriles is 1. The van der Waals surface area contributed by atoms with Gasteiger partial charge in [-0.2, -0.15) is 5.26 Å². The third-order valence-electron chi connectivity index (χ3n) is 3.49. The SMILES string of the molecule is Cc1ccc(-n2c(SC(C)C#N)nnc2-c2ccc(Cl)cc2)cc1. The quantitative estimate of drug-likeness (QED) is 0.625. The van der Waals surface area contributed by atoms with Crippen LogP contribution in [0.15, 0.2) is 53.7 Å². The Morgan fingerprint density at radius 3 is 2.38 bits per heavy atom. The van der Waals surface area contributed by atoms with Gasteiger partial charge in [0, 0.05) is 16.3 Å². The van der Waals surface area contributed by atoms with Gasteiger partial charge in [-0.25, -0.2) is 0 Å². The van der Waals surface area contributed by atoms with Gasteiger partial charge in [0.1, 0.15) is 0 Å². The van der Waals surface area contributed by atoms with Crippen LogP contribution in [0.1, 0.15) is 12.5 Å². The molecule has 0 amide bonds. The maximum Gasteiger partial charge on any atom is 0.197 e. The molecule has 3 aromatic rings. The van der Waals surface area contributed by atoms with Crippen molar-refractivity contribution in [1.82, 2.24) is 14.8 Å². The molecule has 1 atom stereocenters. The van der Waals surface area contributed by atoms with Crippen LogP contribution in [0, 0.1) is 18.3 Å². The van der Waals surface area contributed by atoms with Crippen LogP contribution in [0.25, 0.3) is 17.1 Å². The number of rotatable bonds is 4. The number of aromatic nitrogens is 3. The zero-order valence-corrected chi connectivity index (χ0v) is 14.8. The van der Waals surface area contributed by atoms with Gasteiger partial charge >= 0.3 is 0 Å². The van der Waals surface area contributed by atoms with Crippen LogP contribution in [0.5, 0.6) is 0 Å². The lowest BCUT2D eigenvalue weighted by atomic mass is 10.2. The number of nitrogens with zero attached hydrogens (tertiary/aromatic N) is 4. The zero-order valence-electron chi connectivity index (χ0n) is 13.3. The Labute approximate surface area is 150 Å². The number of halogens is 1. The Morgan fingerprint density at radius 1 is 1.08 bits per heavy atom. The van der Waals surface area contributed by atoms with Gasteiger partial charge in [0.05, 0.1) is 11.3 Å². The standard InChI is InChI=1S/C18H15ClN4S/c1-12-3-9-16(10-4-12)23-17(14-5-7-15(19)8-6-14)21-22-18(23)24-13(2)11-20/h3-10,13H,1-2H3. The first-order valence-corrected chi connectivity index (χ1v) is 8.69. The fraction of sp³-hybridized carbons (Fsp3) is 0.167. The molecule has 0 aliphatic rings. The normalized spacial score (nSPS) is 11.9. The second-order valence-electron chi connectivity index (χ2n) is 5.37. The van der Waals surface area contributed by atoms with Crippen LogP contribution in [0.3, 0.4) is 0 Å². The number of aryl methyl sites for hydroxylation is 1. The molecule has 4 nitrogen and oxygen atoms in total. The van der Waals surface area contributed by atoms with Crippen LogP contribution in [0.2, 0.25) is 5.02 Å². The largest absolute Gasteiger partial charge is 0.270 e. The van der Waals surface area contributed by atoms with Gasteiger partial charge < -0.3 is 0 Å². The molecular weight excluding hydrogens is 340 g/mol. The molecular formula is C18H15ClN4S. The fourth-order valence-corrected chi connectivity index (χ4v) is 3.12. The monoisotopic (exact) mass is 354 g/mol. The molecule has 0 saturated carbocycles. The van der Waals surface area contributed by atoms with Crippen LogP contribution >= 0.6 is 23.4 Å². The smallest absolute Gasteiger partial charge is 0.197 e. The van der Waals surface area contributed by atoms with Gasteiger partial charge in [-0.1, -0.05) is 41.1 Å². The second kappa shape index (κ2) is 7.08. The molecule has 0 radical (unpaired) electrons. The van der Waals surface area contributed by atoms with E-state index in [1.807, 2.05) is 66.9 Å². The van der Waals surface area contributed by atoms with E-state index >= 15 is 0 Å². The van der Waals surface area contributed by atoms with E-state index in [9.17, 15) is 0 Å². The summed E-state index contributed by atoms with van der Waals surface area (Å²) in [7, 11) is 0. The van der Waals surface area contributed by atoms with E-state index in [-0.39, 0.29) is 5.25 Å². The van der Waals surface area contributed by atoms with Crippen LogP contribution in [-0.4, -0.2) is 20.0 Å². The predicted molar refractivity (Wildman–Crippen MR) is 97.5 cm³/mol. The van der Waals surface area contributed by atoms with Crippen molar-refractivity contribution >= 4 is 23.4 Å². The van der Waals surface area contributed by atoms with Crippen LogP contribution in [-0.2, 0) is 0 Å².